The Bertz CT molecular complexity index is 1440. The van der Waals surface area contributed by atoms with E-state index in [2.05, 4.69) is 25.3 Å². The number of aromatic nitrogens is 5. The highest BCUT2D eigenvalue weighted by Gasteiger charge is 2.33. The summed E-state index contributed by atoms with van der Waals surface area (Å²) in [5.74, 6) is -1.97. The lowest BCUT2D eigenvalue weighted by atomic mass is 10.0. The van der Waals surface area contributed by atoms with Crippen LogP contribution >= 0.6 is 0 Å². The second-order valence-corrected chi connectivity index (χ2v) is 8.27. The van der Waals surface area contributed by atoms with E-state index < -0.39 is 29.4 Å². The number of carbonyl (C=O) groups excluding carboxylic acids is 1. The van der Waals surface area contributed by atoms with Gasteiger partial charge in [-0.25, -0.2) is 28.7 Å². The van der Waals surface area contributed by atoms with Crippen LogP contribution in [0.2, 0.25) is 0 Å². The van der Waals surface area contributed by atoms with Gasteiger partial charge in [0.05, 0.1) is 12.4 Å². The molecule has 13 heteroatoms. The quantitative estimate of drug-likeness (QED) is 0.426. The summed E-state index contributed by atoms with van der Waals surface area (Å²) in [4.78, 5) is 30.6. The highest BCUT2D eigenvalue weighted by atomic mass is 19.4. The maximum atomic E-state index is 13.5. The fourth-order valence-corrected chi connectivity index (χ4v) is 4.06. The predicted molar refractivity (Wildman–Crippen MR) is 118 cm³/mol. The number of benzene rings is 1. The Labute approximate surface area is 200 Å². The number of piperidine rings is 1. The van der Waals surface area contributed by atoms with Gasteiger partial charge in [0.1, 0.15) is 11.5 Å². The van der Waals surface area contributed by atoms with E-state index in [0.29, 0.717) is 25.3 Å². The largest absolute Gasteiger partial charge is 0.434 e. The molecule has 1 aliphatic rings. The van der Waals surface area contributed by atoms with Gasteiger partial charge in [-0.1, -0.05) is 0 Å². The number of alkyl halides is 3. The number of halogens is 5. The maximum absolute atomic E-state index is 13.5. The topological polar surface area (TPSA) is 88.3 Å². The van der Waals surface area contributed by atoms with Crippen molar-refractivity contribution in [1.82, 2.24) is 29.7 Å². The molecule has 8 nitrogen and oxygen atoms in total. The smallest absolute Gasteiger partial charge is 0.354 e. The van der Waals surface area contributed by atoms with Crippen molar-refractivity contribution in [2.75, 3.05) is 18.0 Å². The van der Waals surface area contributed by atoms with Crippen molar-refractivity contribution >= 4 is 17.4 Å². The summed E-state index contributed by atoms with van der Waals surface area (Å²) < 4.78 is 67.3. The Balaban J connectivity index is 1.36. The molecule has 186 valence electrons. The van der Waals surface area contributed by atoms with E-state index >= 15 is 0 Å². The Morgan fingerprint density at radius 1 is 1.06 bits per heavy atom. The van der Waals surface area contributed by atoms with E-state index in [1.54, 1.807) is 6.07 Å². The van der Waals surface area contributed by atoms with Gasteiger partial charge in [0.25, 0.3) is 5.91 Å². The number of imidazole rings is 1. The third-order valence-electron chi connectivity index (χ3n) is 5.82. The molecular weight excluding hydrogens is 485 g/mol. The standard InChI is InChI=1S/C23H18F5N7O/c24-15-4-3-13(8-16(15)25)22(36)32-14-2-1-7-34(11-14)19-5-6-29-21(33-19)17-9-31-20-10-30-18(12-35(17)20)23(26,27)28/h3-6,8-10,12,14H,1-2,7,11H2,(H,32,36)/t14-/m0/s1. The number of anilines is 1. The van der Waals surface area contributed by atoms with Gasteiger partial charge >= 0.3 is 6.18 Å². The number of amides is 1. The molecule has 1 atom stereocenters. The lowest BCUT2D eigenvalue weighted by Gasteiger charge is -2.34. The Kier molecular flexibility index (Phi) is 5.98. The minimum Gasteiger partial charge on any atom is -0.354 e. The molecule has 1 fully saturated rings. The normalized spacial score (nSPS) is 16.4. The molecule has 1 N–H and O–H groups in total. The average Bonchev–Trinajstić information content (AvgIpc) is 3.29. The van der Waals surface area contributed by atoms with Gasteiger partial charge in [-0.3, -0.25) is 9.20 Å². The van der Waals surface area contributed by atoms with Crippen LogP contribution in [0.4, 0.5) is 27.8 Å². The van der Waals surface area contributed by atoms with Gasteiger partial charge in [0.2, 0.25) is 0 Å². The summed E-state index contributed by atoms with van der Waals surface area (Å²) in [6.45, 7) is 1.02. The van der Waals surface area contributed by atoms with Crippen LogP contribution in [0.3, 0.4) is 0 Å². The summed E-state index contributed by atoms with van der Waals surface area (Å²) in [7, 11) is 0. The van der Waals surface area contributed by atoms with Gasteiger partial charge in [-0.05, 0) is 37.1 Å². The third-order valence-corrected chi connectivity index (χ3v) is 5.82. The molecule has 1 saturated heterocycles. The first-order chi connectivity index (χ1) is 17.2. The molecule has 0 saturated carbocycles. The number of fused-ring (bicyclic) bond motifs is 1. The number of carbonyl (C=O) groups is 1. The van der Waals surface area contributed by atoms with Crippen LogP contribution in [0.1, 0.15) is 28.9 Å². The zero-order valence-electron chi connectivity index (χ0n) is 18.5. The van der Waals surface area contributed by atoms with Gasteiger partial charge in [0.15, 0.2) is 28.8 Å². The van der Waals surface area contributed by atoms with Crippen LogP contribution in [0.5, 0.6) is 0 Å². The van der Waals surface area contributed by atoms with Crippen molar-refractivity contribution in [2.45, 2.75) is 25.1 Å². The molecule has 0 bridgehead atoms. The number of hydrogen-bond donors (Lipinski definition) is 1. The second kappa shape index (κ2) is 9.13. The summed E-state index contributed by atoms with van der Waals surface area (Å²) in [5.41, 5.74) is -0.582. The Morgan fingerprint density at radius 2 is 1.89 bits per heavy atom. The molecule has 1 aromatic carbocycles. The van der Waals surface area contributed by atoms with Crippen molar-refractivity contribution < 1.29 is 26.7 Å². The molecule has 0 unspecified atom stereocenters. The number of nitrogens with zero attached hydrogens (tertiary/aromatic N) is 6. The average molecular weight is 503 g/mol. The molecule has 4 aromatic rings. The first kappa shape index (κ1) is 23.6. The molecule has 36 heavy (non-hydrogen) atoms. The molecule has 5 rings (SSSR count). The maximum Gasteiger partial charge on any atom is 0.434 e. The van der Waals surface area contributed by atoms with Crippen LogP contribution in [-0.2, 0) is 6.18 Å². The van der Waals surface area contributed by atoms with Crippen molar-refractivity contribution in [3.05, 3.63) is 71.9 Å². The zero-order valence-corrected chi connectivity index (χ0v) is 18.5. The van der Waals surface area contributed by atoms with E-state index in [0.717, 1.165) is 30.9 Å². The first-order valence-electron chi connectivity index (χ1n) is 10.9. The Morgan fingerprint density at radius 3 is 2.67 bits per heavy atom. The molecule has 1 amide bonds. The van der Waals surface area contributed by atoms with Crippen LogP contribution in [0.25, 0.3) is 17.2 Å². The van der Waals surface area contributed by atoms with Gasteiger partial charge in [0, 0.05) is 37.1 Å². The van der Waals surface area contributed by atoms with E-state index in [1.165, 1.54) is 22.9 Å². The number of hydrogen-bond acceptors (Lipinski definition) is 6. The molecule has 4 heterocycles. The molecule has 0 radical (unpaired) electrons. The van der Waals surface area contributed by atoms with Crippen molar-refractivity contribution in [3.63, 3.8) is 0 Å². The van der Waals surface area contributed by atoms with Crippen LogP contribution < -0.4 is 10.2 Å². The van der Waals surface area contributed by atoms with E-state index in [-0.39, 0.29) is 28.8 Å². The number of rotatable bonds is 4. The second-order valence-electron chi connectivity index (χ2n) is 8.27. The van der Waals surface area contributed by atoms with Crippen LogP contribution in [-0.4, -0.2) is 49.4 Å². The number of nitrogens with one attached hydrogen (secondary N) is 1. The molecule has 0 spiro atoms. The van der Waals surface area contributed by atoms with Gasteiger partial charge < -0.3 is 10.2 Å². The minimum absolute atomic E-state index is 0.00988. The van der Waals surface area contributed by atoms with Gasteiger partial charge in [-0.2, -0.15) is 13.2 Å². The van der Waals surface area contributed by atoms with Crippen LogP contribution in [0, 0.1) is 11.6 Å². The SMILES string of the molecule is O=C(N[C@H]1CCCN(c2ccnc(-c3cnc4cnc(C(F)(F)F)cn34)n2)C1)c1ccc(F)c(F)c1. The highest BCUT2D eigenvalue weighted by Crippen LogP contribution is 2.29. The lowest BCUT2D eigenvalue weighted by molar-refractivity contribution is -0.141. The monoisotopic (exact) mass is 503 g/mol. The summed E-state index contributed by atoms with van der Waals surface area (Å²) in [6.07, 6.45) is 1.51. The fourth-order valence-electron chi connectivity index (χ4n) is 4.06. The summed E-state index contributed by atoms with van der Waals surface area (Å²) in [6, 6.07) is 4.33. The molecule has 3 aromatic heterocycles. The van der Waals surface area contributed by atoms with Crippen LogP contribution in [0.15, 0.2) is 49.1 Å². The third kappa shape index (κ3) is 4.68. The minimum atomic E-state index is -4.62. The van der Waals surface area contributed by atoms with Crippen molar-refractivity contribution in [3.8, 4) is 11.5 Å². The predicted octanol–water partition coefficient (Wildman–Crippen LogP) is 3.88. The van der Waals surface area contributed by atoms with Crippen molar-refractivity contribution in [1.29, 1.82) is 0 Å². The van der Waals surface area contributed by atoms with E-state index in [4.69, 9.17) is 0 Å². The summed E-state index contributed by atoms with van der Waals surface area (Å²) in [5, 5.41) is 2.83. The summed E-state index contributed by atoms with van der Waals surface area (Å²) >= 11 is 0. The zero-order chi connectivity index (χ0) is 25.4. The fraction of sp³-hybridized carbons (Fsp3) is 0.261. The first-order valence-corrected chi connectivity index (χ1v) is 10.9. The lowest BCUT2D eigenvalue weighted by Crippen LogP contribution is -2.48. The molecule has 0 aliphatic carbocycles. The van der Waals surface area contributed by atoms with Gasteiger partial charge in [-0.15, -0.1) is 0 Å². The Hall–Kier alpha value is -4.16. The highest BCUT2D eigenvalue weighted by molar-refractivity contribution is 5.94. The van der Waals surface area contributed by atoms with E-state index in [1.807, 2.05) is 4.90 Å². The molecule has 1 aliphatic heterocycles. The van der Waals surface area contributed by atoms with E-state index in [9.17, 15) is 26.7 Å². The molecular formula is C23H18F5N7O. The van der Waals surface area contributed by atoms with Crippen molar-refractivity contribution in [2.24, 2.45) is 0 Å².